The molecule has 1 aromatic heterocycles. The van der Waals surface area contributed by atoms with Crippen LogP contribution in [0.3, 0.4) is 0 Å². The predicted octanol–water partition coefficient (Wildman–Crippen LogP) is 2.78. The number of nitrogens with zero attached hydrogens (tertiary/aromatic N) is 5. The minimum absolute atomic E-state index is 0.0343. The first-order valence-electron chi connectivity index (χ1n) is 12.1. The fourth-order valence-corrected chi connectivity index (χ4v) is 6.21. The van der Waals surface area contributed by atoms with Crippen molar-refractivity contribution in [2.45, 2.75) is 38.1 Å². The Morgan fingerprint density at radius 3 is 2.30 bits per heavy atom. The molecule has 0 spiro atoms. The van der Waals surface area contributed by atoms with Gasteiger partial charge in [-0.2, -0.15) is 19.8 Å². The van der Waals surface area contributed by atoms with Gasteiger partial charge in [0.2, 0.25) is 15.9 Å². The number of ether oxygens (including phenoxy) is 1. The number of benzene rings is 2. The molecule has 3 rings (SSSR count). The third kappa shape index (κ3) is 7.39. The Hall–Kier alpha value is -4.37. The Kier molecular flexibility index (Phi) is 10.3. The SMILES string of the molecule is CCOC(=O)Cn1c(=NC(=O)c2ccc(S(=O)(=O)N(CCC#N)CCC#N)cc2)sc2cc(NC(C)=O)ccc21. The van der Waals surface area contributed by atoms with Crippen LogP contribution in [0.1, 0.15) is 37.0 Å². The first-order valence-corrected chi connectivity index (χ1v) is 14.4. The van der Waals surface area contributed by atoms with E-state index in [4.69, 9.17) is 15.3 Å². The molecule has 0 aliphatic carbocycles. The molecule has 0 aliphatic rings. The number of thiazole rings is 1. The van der Waals surface area contributed by atoms with Gasteiger partial charge in [0.25, 0.3) is 5.91 Å². The minimum Gasteiger partial charge on any atom is -0.465 e. The number of anilines is 1. The van der Waals surface area contributed by atoms with Crippen molar-refractivity contribution in [3.05, 3.63) is 52.8 Å². The average Bonchev–Trinajstić information content (AvgIpc) is 3.24. The number of sulfonamides is 1. The van der Waals surface area contributed by atoms with Crippen molar-refractivity contribution in [2.24, 2.45) is 4.99 Å². The van der Waals surface area contributed by atoms with Crippen LogP contribution in [-0.2, 0) is 30.9 Å². The van der Waals surface area contributed by atoms with Gasteiger partial charge in [-0.3, -0.25) is 14.4 Å². The van der Waals surface area contributed by atoms with E-state index in [0.717, 1.165) is 15.6 Å². The minimum atomic E-state index is -4.00. The number of aromatic nitrogens is 1. The number of carbonyl (C=O) groups excluding carboxylic acids is 3. The van der Waals surface area contributed by atoms with Gasteiger partial charge in [0.1, 0.15) is 6.54 Å². The molecule has 0 fully saturated rings. The summed E-state index contributed by atoms with van der Waals surface area (Å²) in [5.41, 5.74) is 1.26. The molecule has 1 heterocycles. The molecule has 0 aliphatic heterocycles. The normalized spacial score (nSPS) is 11.7. The number of carbonyl (C=O) groups is 3. The molecule has 3 aromatic rings. The summed E-state index contributed by atoms with van der Waals surface area (Å²) < 4.78 is 34.4. The van der Waals surface area contributed by atoms with E-state index in [1.54, 1.807) is 25.1 Å². The Morgan fingerprint density at radius 2 is 1.73 bits per heavy atom. The third-order valence-electron chi connectivity index (χ3n) is 5.48. The van der Waals surface area contributed by atoms with E-state index < -0.39 is 21.9 Å². The van der Waals surface area contributed by atoms with E-state index in [1.165, 1.54) is 35.8 Å². The zero-order valence-corrected chi connectivity index (χ0v) is 23.4. The van der Waals surface area contributed by atoms with E-state index in [0.29, 0.717) is 15.9 Å². The van der Waals surface area contributed by atoms with Gasteiger partial charge in [-0.15, -0.1) is 0 Å². The second kappa shape index (κ2) is 13.6. The second-order valence-electron chi connectivity index (χ2n) is 8.30. The standard InChI is InChI=1S/C26H26N6O6S2/c1-3-38-24(34)17-32-22-11-8-20(29-18(2)33)16-23(22)39-26(32)30-25(35)19-6-9-21(10-7-19)40(36,37)31(14-4-12-27)15-5-13-28/h6-11,16H,3-5,14-15,17H2,1-2H3,(H,29,33). The number of fused-ring (bicyclic) bond motifs is 1. The summed E-state index contributed by atoms with van der Waals surface area (Å²) in [4.78, 5) is 41.1. The smallest absolute Gasteiger partial charge is 0.326 e. The Labute approximate surface area is 234 Å². The quantitative estimate of drug-likeness (QED) is 0.336. The molecule has 2 amide bonds. The lowest BCUT2D eigenvalue weighted by molar-refractivity contribution is -0.143. The number of nitriles is 2. The van der Waals surface area contributed by atoms with Gasteiger partial charge < -0.3 is 14.6 Å². The highest BCUT2D eigenvalue weighted by Crippen LogP contribution is 2.23. The van der Waals surface area contributed by atoms with Crippen molar-refractivity contribution in [1.82, 2.24) is 8.87 Å². The summed E-state index contributed by atoms with van der Waals surface area (Å²) in [6.07, 6.45) is -0.0687. The lowest BCUT2D eigenvalue weighted by atomic mass is 10.2. The van der Waals surface area contributed by atoms with Gasteiger partial charge in [-0.05, 0) is 49.4 Å². The maximum Gasteiger partial charge on any atom is 0.326 e. The number of rotatable bonds is 11. The summed E-state index contributed by atoms with van der Waals surface area (Å²) in [6, 6.07) is 14.0. The van der Waals surface area contributed by atoms with Gasteiger partial charge in [-0.25, -0.2) is 8.42 Å². The van der Waals surface area contributed by atoms with Crippen LogP contribution >= 0.6 is 11.3 Å². The van der Waals surface area contributed by atoms with Crippen LogP contribution in [0, 0.1) is 22.7 Å². The molecule has 40 heavy (non-hydrogen) atoms. The number of nitrogens with one attached hydrogen (secondary N) is 1. The van der Waals surface area contributed by atoms with Gasteiger partial charge in [0.05, 0.1) is 33.9 Å². The zero-order valence-electron chi connectivity index (χ0n) is 21.8. The van der Waals surface area contributed by atoms with Crippen LogP contribution in [0.2, 0.25) is 0 Å². The van der Waals surface area contributed by atoms with Crippen molar-refractivity contribution in [3.63, 3.8) is 0 Å². The first kappa shape index (κ1) is 30.2. The monoisotopic (exact) mass is 582 g/mol. The fourth-order valence-electron chi connectivity index (χ4n) is 3.70. The molecule has 0 atom stereocenters. The lowest BCUT2D eigenvalue weighted by Crippen LogP contribution is -2.32. The molecule has 0 bridgehead atoms. The van der Waals surface area contributed by atoms with Crippen LogP contribution in [0.5, 0.6) is 0 Å². The lowest BCUT2D eigenvalue weighted by Gasteiger charge is -2.20. The molecule has 0 saturated carbocycles. The Balaban J connectivity index is 1.98. The Morgan fingerprint density at radius 1 is 1.07 bits per heavy atom. The molecule has 0 saturated heterocycles. The van der Waals surface area contributed by atoms with Crippen molar-refractivity contribution >= 4 is 55.0 Å². The van der Waals surface area contributed by atoms with E-state index in [9.17, 15) is 22.8 Å². The van der Waals surface area contributed by atoms with Crippen LogP contribution in [0.4, 0.5) is 5.69 Å². The summed E-state index contributed by atoms with van der Waals surface area (Å²) in [5.74, 6) is -1.44. The highest BCUT2D eigenvalue weighted by atomic mass is 32.2. The van der Waals surface area contributed by atoms with Crippen LogP contribution in [0.25, 0.3) is 10.2 Å². The molecular formula is C26H26N6O6S2. The molecule has 1 N–H and O–H groups in total. The van der Waals surface area contributed by atoms with Crippen LogP contribution < -0.4 is 10.1 Å². The van der Waals surface area contributed by atoms with E-state index in [2.05, 4.69) is 10.3 Å². The third-order valence-corrected chi connectivity index (χ3v) is 8.43. The molecule has 2 aromatic carbocycles. The zero-order chi connectivity index (χ0) is 29.3. The number of hydrogen-bond donors (Lipinski definition) is 1. The predicted molar refractivity (Wildman–Crippen MR) is 146 cm³/mol. The van der Waals surface area contributed by atoms with Gasteiger partial charge >= 0.3 is 5.97 Å². The highest BCUT2D eigenvalue weighted by Gasteiger charge is 2.24. The second-order valence-corrected chi connectivity index (χ2v) is 11.2. The molecule has 14 heteroatoms. The Bertz CT molecular complexity index is 1660. The number of amides is 2. The van der Waals surface area contributed by atoms with E-state index in [1.807, 2.05) is 12.1 Å². The van der Waals surface area contributed by atoms with Gasteiger partial charge in [-0.1, -0.05) is 11.3 Å². The summed E-state index contributed by atoms with van der Waals surface area (Å²) in [7, 11) is -4.00. The number of esters is 1. The largest absolute Gasteiger partial charge is 0.465 e. The van der Waals surface area contributed by atoms with E-state index in [-0.39, 0.29) is 60.3 Å². The van der Waals surface area contributed by atoms with Gasteiger partial charge in [0, 0.05) is 44.1 Å². The van der Waals surface area contributed by atoms with Crippen LogP contribution in [0.15, 0.2) is 52.4 Å². The van der Waals surface area contributed by atoms with Crippen molar-refractivity contribution in [3.8, 4) is 12.1 Å². The average molecular weight is 583 g/mol. The van der Waals surface area contributed by atoms with E-state index >= 15 is 0 Å². The van der Waals surface area contributed by atoms with Crippen molar-refractivity contribution in [1.29, 1.82) is 10.5 Å². The number of hydrogen-bond acceptors (Lipinski definition) is 9. The first-order chi connectivity index (χ1) is 19.1. The van der Waals surface area contributed by atoms with Crippen molar-refractivity contribution < 1.29 is 27.5 Å². The molecule has 208 valence electrons. The van der Waals surface area contributed by atoms with Crippen LogP contribution in [-0.4, -0.2) is 54.8 Å². The summed E-state index contributed by atoms with van der Waals surface area (Å²) >= 11 is 1.14. The fraction of sp³-hybridized carbons (Fsp3) is 0.308. The molecule has 12 nitrogen and oxygen atoms in total. The van der Waals surface area contributed by atoms with Gasteiger partial charge in [0.15, 0.2) is 4.80 Å². The molecular weight excluding hydrogens is 556 g/mol. The highest BCUT2D eigenvalue weighted by molar-refractivity contribution is 7.89. The summed E-state index contributed by atoms with van der Waals surface area (Å²) in [5, 5.41) is 20.4. The summed E-state index contributed by atoms with van der Waals surface area (Å²) in [6.45, 7) is 2.92. The van der Waals surface area contributed by atoms with Crippen molar-refractivity contribution in [2.75, 3.05) is 25.0 Å². The topological polar surface area (TPSA) is 175 Å². The molecule has 0 unspecified atom stereocenters. The maximum atomic E-state index is 13.1. The molecule has 0 radical (unpaired) electrons. The maximum absolute atomic E-state index is 13.1.